The van der Waals surface area contributed by atoms with E-state index in [2.05, 4.69) is 0 Å². The van der Waals surface area contributed by atoms with Crippen LogP contribution >= 0.6 is 11.8 Å². The van der Waals surface area contributed by atoms with E-state index in [0.717, 1.165) is 4.90 Å². The zero-order valence-electron chi connectivity index (χ0n) is 11.5. The molecule has 0 heterocycles. The van der Waals surface area contributed by atoms with Crippen molar-refractivity contribution in [1.29, 1.82) is 10.5 Å². The molecule has 0 N–H and O–H groups in total. The molecule has 0 saturated heterocycles. The van der Waals surface area contributed by atoms with Crippen LogP contribution in [0.3, 0.4) is 0 Å². The van der Waals surface area contributed by atoms with E-state index in [4.69, 9.17) is 10.5 Å². The Hall–Kier alpha value is -1.98. The van der Waals surface area contributed by atoms with Crippen molar-refractivity contribution in [3.8, 4) is 12.1 Å². The standard InChI is InChI=1S/C15H17N3OS/c1-13-4-6-14(7-5-13)20-12-15(19)18(10-2-8-16)11-3-9-17/h4-7H,2-3,10-12H2,1H3. The summed E-state index contributed by atoms with van der Waals surface area (Å²) in [5, 5.41) is 17.2. The number of hydrogen-bond acceptors (Lipinski definition) is 4. The number of benzene rings is 1. The normalized spacial score (nSPS) is 9.55. The first-order valence-corrected chi connectivity index (χ1v) is 7.37. The van der Waals surface area contributed by atoms with Gasteiger partial charge in [-0.25, -0.2) is 0 Å². The summed E-state index contributed by atoms with van der Waals surface area (Å²) in [6.45, 7) is 2.81. The van der Waals surface area contributed by atoms with Crippen molar-refractivity contribution >= 4 is 17.7 Å². The van der Waals surface area contributed by atoms with Gasteiger partial charge in [0.15, 0.2) is 0 Å². The van der Waals surface area contributed by atoms with Crippen LogP contribution in [0, 0.1) is 29.6 Å². The van der Waals surface area contributed by atoms with E-state index in [1.54, 1.807) is 4.90 Å². The predicted molar refractivity (Wildman–Crippen MR) is 78.9 cm³/mol. The summed E-state index contributed by atoms with van der Waals surface area (Å²) in [5.74, 6) is 0.306. The molecular formula is C15H17N3OS. The molecular weight excluding hydrogens is 270 g/mol. The second-order valence-corrected chi connectivity index (χ2v) is 5.35. The van der Waals surface area contributed by atoms with E-state index in [1.165, 1.54) is 17.3 Å². The zero-order valence-corrected chi connectivity index (χ0v) is 12.3. The Labute approximate surface area is 124 Å². The number of nitrogens with zero attached hydrogens (tertiary/aromatic N) is 3. The average molecular weight is 287 g/mol. The summed E-state index contributed by atoms with van der Waals surface area (Å²) in [6.07, 6.45) is 0.596. The van der Waals surface area contributed by atoms with Crippen LogP contribution in [0.1, 0.15) is 18.4 Å². The van der Waals surface area contributed by atoms with E-state index in [9.17, 15) is 4.79 Å². The second kappa shape index (κ2) is 9.01. The molecule has 1 rings (SSSR count). The fourth-order valence-corrected chi connectivity index (χ4v) is 2.40. The second-order valence-electron chi connectivity index (χ2n) is 4.30. The third kappa shape index (κ3) is 5.77. The molecule has 1 aromatic rings. The summed E-state index contributed by atoms with van der Waals surface area (Å²) in [5.41, 5.74) is 1.19. The highest BCUT2D eigenvalue weighted by Crippen LogP contribution is 2.18. The van der Waals surface area contributed by atoms with Crippen molar-refractivity contribution in [2.75, 3.05) is 18.8 Å². The number of carbonyl (C=O) groups is 1. The number of nitriles is 2. The Balaban J connectivity index is 2.50. The maximum Gasteiger partial charge on any atom is 0.232 e. The first kappa shape index (κ1) is 16.1. The Morgan fingerprint density at radius 2 is 1.70 bits per heavy atom. The largest absolute Gasteiger partial charge is 0.340 e. The van der Waals surface area contributed by atoms with Crippen molar-refractivity contribution in [2.24, 2.45) is 0 Å². The minimum atomic E-state index is -0.0268. The van der Waals surface area contributed by atoms with Gasteiger partial charge in [0.2, 0.25) is 5.91 Å². The molecule has 104 valence electrons. The molecule has 0 unspecified atom stereocenters. The van der Waals surface area contributed by atoms with Crippen LogP contribution < -0.4 is 0 Å². The minimum Gasteiger partial charge on any atom is -0.340 e. The molecule has 0 aromatic heterocycles. The minimum absolute atomic E-state index is 0.0268. The first-order valence-electron chi connectivity index (χ1n) is 6.38. The van der Waals surface area contributed by atoms with Gasteiger partial charge in [-0.3, -0.25) is 4.79 Å². The summed E-state index contributed by atoms with van der Waals surface area (Å²) in [6, 6.07) is 12.0. The third-order valence-corrected chi connectivity index (χ3v) is 3.72. The zero-order chi connectivity index (χ0) is 14.8. The lowest BCUT2D eigenvalue weighted by Gasteiger charge is -2.20. The molecule has 0 bridgehead atoms. The van der Waals surface area contributed by atoms with E-state index in [-0.39, 0.29) is 5.91 Å². The van der Waals surface area contributed by atoms with Crippen LogP contribution in [-0.2, 0) is 4.79 Å². The van der Waals surface area contributed by atoms with Crippen molar-refractivity contribution < 1.29 is 4.79 Å². The SMILES string of the molecule is Cc1ccc(SCC(=O)N(CCC#N)CCC#N)cc1. The molecule has 1 amide bonds. The van der Waals surface area contributed by atoms with Gasteiger partial charge < -0.3 is 4.90 Å². The van der Waals surface area contributed by atoms with Crippen LogP contribution in [-0.4, -0.2) is 29.6 Å². The summed E-state index contributed by atoms with van der Waals surface area (Å²) >= 11 is 1.48. The lowest BCUT2D eigenvalue weighted by atomic mass is 10.2. The highest BCUT2D eigenvalue weighted by atomic mass is 32.2. The molecule has 0 saturated carbocycles. The summed E-state index contributed by atoms with van der Waals surface area (Å²) in [7, 11) is 0. The lowest BCUT2D eigenvalue weighted by molar-refractivity contribution is -0.128. The summed E-state index contributed by atoms with van der Waals surface area (Å²) < 4.78 is 0. The molecule has 20 heavy (non-hydrogen) atoms. The number of hydrogen-bond donors (Lipinski definition) is 0. The average Bonchev–Trinajstić information content (AvgIpc) is 2.46. The molecule has 5 heteroatoms. The van der Waals surface area contributed by atoms with Gasteiger partial charge in [-0.05, 0) is 19.1 Å². The van der Waals surface area contributed by atoms with E-state index >= 15 is 0 Å². The number of carbonyl (C=O) groups excluding carboxylic acids is 1. The lowest BCUT2D eigenvalue weighted by Crippen LogP contribution is -2.34. The Bertz CT molecular complexity index is 495. The fourth-order valence-electron chi connectivity index (χ4n) is 1.60. The smallest absolute Gasteiger partial charge is 0.232 e. The maximum absolute atomic E-state index is 12.1. The molecule has 0 aliphatic rings. The Morgan fingerprint density at radius 3 is 2.20 bits per heavy atom. The maximum atomic E-state index is 12.1. The number of aryl methyl sites for hydroxylation is 1. The van der Waals surface area contributed by atoms with Gasteiger partial charge in [0, 0.05) is 18.0 Å². The van der Waals surface area contributed by atoms with E-state index in [1.807, 2.05) is 43.3 Å². The molecule has 0 fully saturated rings. The third-order valence-electron chi connectivity index (χ3n) is 2.72. The van der Waals surface area contributed by atoms with Gasteiger partial charge in [-0.15, -0.1) is 11.8 Å². The quantitative estimate of drug-likeness (QED) is 0.723. The molecule has 0 aliphatic carbocycles. The van der Waals surface area contributed by atoms with Crippen molar-refractivity contribution in [3.63, 3.8) is 0 Å². The molecule has 0 radical (unpaired) electrons. The van der Waals surface area contributed by atoms with Gasteiger partial charge in [0.1, 0.15) is 0 Å². The van der Waals surface area contributed by atoms with Gasteiger partial charge in [0.25, 0.3) is 0 Å². The highest BCUT2D eigenvalue weighted by Gasteiger charge is 2.13. The van der Waals surface area contributed by atoms with E-state index in [0.29, 0.717) is 31.7 Å². The van der Waals surface area contributed by atoms with Gasteiger partial charge in [0.05, 0.1) is 30.7 Å². The molecule has 0 spiro atoms. The van der Waals surface area contributed by atoms with Crippen LogP contribution in [0.15, 0.2) is 29.2 Å². The van der Waals surface area contributed by atoms with Gasteiger partial charge in [-0.1, -0.05) is 17.7 Å². The Kier molecular flexibility index (Phi) is 7.24. The van der Waals surface area contributed by atoms with Crippen LogP contribution in [0.4, 0.5) is 0 Å². The monoisotopic (exact) mass is 287 g/mol. The van der Waals surface area contributed by atoms with Crippen LogP contribution in [0.25, 0.3) is 0 Å². The number of rotatable bonds is 7. The Morgan fingerprint density at radius 1 is 1.15 bits per heavy atom. The van der Waals surface area contributed by atoms with Gasteiger partial charge in [-0.2, -0.15) is 10.5 Å². The predicted octanol–water partition coefficient (Wildman–Crippen LogP) is 2.74. The van der Waals surface area contributed by atoms with E-state index < -0.39 is 0 Å². The number of thioether (sulfide) groups is 1. The van der Waals surface area contributed by atoms with Gasteiger partial charge >= 0.3 is 0 Å². The molecule has 0 atom stereocenters. The van der Waals surface area contributed by atoms with Crippen molar-refractivity contribution in [1.82, 2.24) is 4.90 Å². The van der Waals surface area contributed by atoms with Crippen LogP contribution in [0.2, 0.25) is 0 Å². The fraction of sp³-hybridized carbons (Fsp3) is 0.400. The topological polar surface area (TPSA) is 67.9 Å². The number of amides is 1. The van der Waals surface area contributed by atoms with Crippen molar-refractivity contribution in [2.45, 2.75) is 24.7 Å². The molecule has 0 aliphatic heterocycles. The molecule has 1 aromatic carbocycles. The highest BCUT2D eigenvalue weighted by molar-refractivity contribution is 8.00. The van der Waals surface area contributed by atoms with Crippen LogP contribution in [0.5, 0.6) is 0 Å². The summed E-state index contributed by atoms with van der Waals surface area (Å²) in [4.78, 5) is 14.7. The molecule has 4 nitrogen and oxygen atoms in total. The first-order chi connectivity index (χ1) is 9.67. The van der Waals surface area contributed by atoms with Crippen molar-refractivity contribution in [3.05, 3.63) is 29.8 Å².